The molecule has 2 aliphatic rings. The number of aldehydes is 1. The smallest absolute Gasteiger partial charge is 0.488 e. The molecular formula is C21H21F2NO4. The summed E-state index contributed by atoms with van der Waals surface area (Å²) in [5.74, 6) is 0.971. The first-order chi connectivity index (χ1) is 13.3. The van der Waals surface area contributed by atoms with Gasteiger partial charge in [-0.3, -0.25) is 4.90 Å². The summed E-state index contributed by atoms with van der Waals surface area (Å²) in [4.78, 5) is 13.0. The van der Waals surface area contributed by atoms with Gasteiger partial charge in [0.2, 0.25) is 0 Å². The van der Waals surface area contributed by atoms with Gasteiger partial charge in [-0.15, -0.1) is 8.78 Å². The molecule has 4 rings (SSSR count). The molecule has 148 valence electrons. The third-order valence-corrected chi connectivity index (χ3v) is 4.95. The highest BCUT2D eigenvalue weighted by atomic mass is 19.3. The molecule has 0 saturated carbocycles. The molecule has 2 aromatic rings. The summed E-state index contributed by atoms with van der Waals surface area (Å²) in [6.45, 7) is 6.62. The molecule has 0 atom stereocenters. The van der Waals surface area contributed by atoms with E-state index in [9.17, 15) is 13.6 Å². The zero-order valence-corrected chi connectivity index (χ0v) is 15.7. The fourth-order valence-corrected chi connectivity index (χ4v) is 3.68. The number of hydrogen-bond donors (Lipinski definition) is 0. The highest BCUT2D eigenvalue weighted by Crippen LogP contribution is 2.41. The lowest BCUT2D eigenvalue weighted by Gasteiger charge is -2.36. The Kier molecular flexibility index (Phi) is 4.71. The van der Waals surface area contributed by atoms with Crippen LogP contribution >= 0.6 is 0 Å². The van der Waals surface area contributed by atoms with Crippen LogP contribution in [0.15, 0.2) is 30.3 Å². The first-order valence-electron chi connectivity index (χ1n) is 9.12. The van der Waals surface area contributed by atoms with Crippen molar-refractivity contribution in [2.75, 3.05) is 13.1 Å². The molecule has 2 aliphatic heterocycles. The van der Waals surface area contributed by atoms with Gasteiger partial charge in [0.1, 0.15) is 18.6 Å². The van der Waals surface area contributed by atoms with E-state index in [0.29, 0.717) is 5.56 Å². The van der Waals surface area contributed by atoms with Crippen molar-refractivity contribution < 1.29 is 27.8 Å². The molecule has 1 fully saturated rings. The molecule has 1 saturated heterocycles. The van der Waals surface area contributed by atoms with Gasteiger partial charge in [-0.25, -0.2) is 0 Å². The first kappa shape index (κ1) is 18.7. The Labute approximate surface area is 161 Å². The van der Waals surface area contributed by atoms with Crippen LogP contribution in [-0.4, -0.2) is 30.6 Å². The molecule has 0 amide bonds. The molecule has 2 heterocycles. The van der Waals surface area contributed by atoms with Crippen LogP contribution in [0.3, 0.4) is 0 Å². The van der Waals surface area contributed by atoms with E-state index in [2.05, 4.69) is 26.5 Å². The van der Waals surface area contributed by atoms with Crippen molar-refractivity contribution in [2.24, 2.45) is 5.92 Å². The molecular weight excluding hydrogens is 368 g/mol. The van der Waals surface area contributed by atoms with Gasteiger partial charge in [-0.05, 0) is 48.2 Å². The highest BCUT2D eigenvalue weighted by Gasteiger charge is 2.43. The van der Waals surface area contributed by atoms with E-state index in [0.717, 1.165) is 42.8 Å². The topological polar surface area (TPSA) is 48.0 Å². The average Bonchev–Trinajstić information content (AvgIpc) is 2.90. The van der Waals surface area contributed by atoms with Crippen molar-refractivity contribution in [3.05, 3.63) is 52.6 Å². The van der Waals surface area contributed by atoms with Crippen LogP contribution in [-0.2, 0) is 17.9 Å². The van der Waals surface area contributed by atoms with Gasteiger partial charge < -0.3 is 19.0 Å². The Morgan fingerprint density at radius 2 is 1.79 bits per heavy atom. The Morgan fingerprint density at radius 1 is 1.11 bits per heavy atom. The Balaban J connectivity index is 1.41. The summed E-state index contributed by atoms with van der Waals surface area (Å²) < 4.78 is 41.1. The normalized spacial score (nSPS) is 18.0. The van der Waals surface area contributed by atoms with Crippen LogP contribution in [0.25, 0.3) is 0 Å². The molecule has 0 N–H and O–H groups in total. The number of rotatable bonds is 6. The number of carbonyl (C=O) groups excluding carboxylic acids is 1. The fraction of sp³-hybridized carbons (Fsp3) is 0.381. The van der Waals surface area contributed by atoms with Gasteiger partial charge >= 0.3 is 6.29 Å². The summed E-state index contributed by atoms with van der Waals surface area (Å²) >= 11 is 0. The van der Waals surface area contributed by atoms with Crippen molar-refractivity contribution in [2.45, 2.75) is 33.3 Å². The number of alkyl halides is 2. The number of fused-ring (bicyclic) bond motifs is 1. The van der Waals surface area contributed by atoms with E-state index >= 15 is 0 Å². The van der Waals surface area contributed by atoms with E-state index in [1.165, 1.54) is 17.7 Å². The minimum Gasteiger partial charge on any atom is -0.488 e. The molecule has 0 aliphatic carbocycles. The van der Waals surface area contributed by atoms with Crippen molar-refractivity contribution in [3.63, 3.8) is 0 Å². The van der Waals surface area contributed by atoms with E-state index in [1.807, 2.05) is 13.8 Å². The quantitative estimate of drug-likeness (QED) is 0.703. The average molecular weight is 389 g/mol. The van der Waals surface area contributed by atoms with E-state index in [-0.39, 0.29) is 24.0 Å². The molecule has 0 spiro atoms. The van der Waals surface area contributed by atoms with Crippen molar-refractivity contribution in [3.8, 4) is 17.2 Å². The maximum absolute atomic E-state index is 13.1. The Bertz CT molecular complexity index is 886. The predicted molar refractivity (Wildman–Crippen MR) is 97.7 cm³/mol. The van der Waals surface area contributed by atoms with Crippen molar-refractivity contribution >= 4 is 6.29 Å². The summed E-state index contributed by atoms with van der Waals surface area (Å²) in [6, 6.07) is 8.80. The number of ether oxygens (including phenoxy) is 3. The minimum absolute atomic E-state index is 0.0121. The van der Waals surface area contributed by atoms with Crippen molar-refractivity contribution in [1.82, 2.24) is 4.90 Å². The lowest BCUT2D eigenvalue weighted by atomic mass is 9.99. The number of carbonyl (C=O) groups is 1. The number of nitrogens with zero attached hydrogens (tertiary/aromatic N) is 1. The number of likely N-dealkylation sites (tertiary alicyclic amines) is 1. The second-order valence-corrected chi connectivity index (χ2v) is 7.39. The second-order valence-electron chi connectivity index (χ2n) is 7.39. The minimum atomic E-state index is -3.62. The molecule has 2 aromatic carbocycles. The lowest BCUT2D eigenvalue weighted by Crippen LogP contribution is -2.46. The van der Waals surface area contributed by atoms with Gasteiger partial charge in [0, 0.05) is 25.6 Å². The molecule has 0 bridgehead atoms. The number of halogens is 2. The van der Waals surface area contributed by atoms with Gasteiger partial charge in [0.15, 0.2) is 11.5 Å². The lowest BCUT2D eigenvalue weighted by molar-refractivity contribution is -0.286. The first-order valence-corrected chi connectivity index (χ1v) is 9.12. The molecule has 5 nitrogen and oxygen atoms in total. The standard InChI is InChI=1S/C21H21F2NO4/c1-13-5-16(8-24-9-17(10-24)11-25)6-14(2)20(13)26-12-15-3-4-18-19(7-15)28-21(22,23)27-18/h3-7,11,17H,8-10,12H2,1-2H3. The molecule has 7 heteroatoms. The number of benzene rings is 2. The molecule has 0 aromatic heterocycles. The summed E-state index contributed by atoms with van der Waals surface area (Å²) in [7, 11) is 0. The predicted octanol–water partition coefficient (Wildman–Crippen LogP) is 3.83. The number of hydrogen-bond acceptors (Lipinski definition) is 5. The maximum Gasteiger partial charge on any atom is 0.586 e. The number of aryl methyl sites for hydroxylation is 2. The van der Waals surface area contributed by atoms with Crippen LogP contribution in [0, 0.1) is 19.8 Å². The highest BCUT2D eigenvalue weighted by molar-refractivity contribution is 5.55. The Morgan fingerprint density at radius 3 is 2.46 bits per heavy atom. The van der Waals surface area contributed by atoms with Crippen LogP contribution < -0.4 is 14.2 Å². The summed E-state index contributed by atoms with van der Waals surface area (Å²) in [6.07, 6.45) is -2.60. The van der Waals surface area contributed by atoms with E-state index in [1.54, 1.807) is 6.07 Å². The maximum atomic E-state index is 13.1. The summed E-state index contributed by atoms with van der Waals surface area (Å²) in [5.41, 5.74) is 3.91. The molecule has 28 heavy (non-hydrogen) atoms. The van der Waals surface area contributed by atoms with Gasteiger partial charge in [-0.2, -0.15) is 0 Å². The zero-order valence-electron chi connectivity index (χ0n) is 15.7. The third kappa shape index (κ3) is 3.80. The fourth-order valence-electron chi connectivity index (χ4n) is 3.68. The molecule has 0 unspecified atom stereocenters. The summed E-state index contributed by atoms with van der Waals surface area (Å²) in [5, 5.41) is 0. The largest absolute Gasteiger partial charge is 0.586 e. The van der Waals surface area contributed by atoms with Crippen LogP contribution in [0.2, 0.25) is 0 Å². The monoisotopic (exact) mass is 389 g/mol. The second kappa shape index (κ2) is 7.05. The van der Waals surface area contributed by atoms with Crippen LogP contribution in [0.4, 0.5) is 8.78 Å². The zero-order chi connectivity index (χ0) is 19.9. The molecule has 0 radical (unpaired) electrons. The SMILES string of the molecule is Cc1cc(CN2CC(C=O)C2)cc(C)c1OCc1ccc2c(c1)OC(F)(F)O2. The van der Waals surface area contributed by atoms with E-state index in [4.69, 9.17) is 4.74 Å². The Hall–Kier alpha value is -2.67. The van der Waals surface area contributed by atoms with Gasteiger partial charge in [-0.1, -0.05) is 18.2 Å². The van der Waals surface area contributed by atoms with Gasteiger partial charge in [0.05, 0.1) is 0 Å². The van der Waals surface area contributed by atoms with Crippen LogP contribution in [0.1, 0.15) is 22.3 Å². The van der Waals surface area contributed by atoms with Gasteiger partial charge in [0.25, 0.3) is 0 Å². The van der Waals surface area contributed by atoms with Crippen LogP contribution in [0.5, 0.6) is 17.2 Å². The third-order valence-electron chi connectivity index (χ3n) is 4.95. The van der Waals surface area contributed by atoms with E-state index < -0.39 is 6.29 Å². The van der Waals surface area contributed by atoms with Crippen molar-refractivity contribution in [1.29, 1.82) is 0 Å².